The molecule has 1 saturated carbocycles. The molecule has 3 aliphatic rings. The molecule has 0 bridgehead atoms. The molecular formula is C23H34N4O3. The largest absolute Gasteiger partial charge is 0.486 e. The van der Waals surface area contributed by atoms with E-state index >= 15 is 0 Å². The summed E-state index contributed by atoms with van der Waals surface area (Å²) in [6.45, 7) is 6.74. The van der Waals surface area contributed by atoms with Gasteiger partial charge in [0.25, 0.3) is 0 Å². The minimum atomic E-state index is 0.0466. The number of nitrogens with one attached hydrogen (secondary N) is 2. The molecule has 164 valence electrons. The summed E-state index contributed by atoms with van der Waals surface area (Å²) < 4.78 is 11.5. The van der Waals surface area contributed by atoms with Gasteiger partial charge in [-0.15, -0.1) is 0 Å². The Morgan fingerprint density at radius 3 is 2.53 bits per heavy atom. The second kappa shape index (κ2) is 9.58. The van der Waals surface area contributed by atoms with E-state index in [4.69, 9.17) is 9.47 Å². The molecular weight excluding hydrogens is 380 g/mol. The molecule has 7 heteroatoms. The van der Waals surface area contributed by atoms with Crippen molar-refractivity contribution in [2.24, 2.45) is 4.99 Å². The van der Waals surface area contributed by atoms with Crippen LogP contribution in [0.3, 0.4) is 0 Å². The molecule has 0 unspecified atom stereocenters. The number of nitrogens with zero attached hydrogens (tertiary/aromatic N) is 2. The first-order valence-electron chi connectivity index (χ1n) is 11.4. The average Bonchev–Trinajstić information content (AvgIpc) is 3.48. The SMILES string of the molecule is CCNC(=NCC(=O)N1CCCC1)NCC1(c2ccc3c(c2)OCCO3)CCCC1. The molecule has 1 aromatic carbocycles. The van der Waals surface area contributed by atoms with Gasteiger partial charge in [-0.05, 0) is 50.3 Å². The summed E-state index contributed by atoms with van der Waals surface area (Å²) in [4.78, 5) is 18.9. The molecule has 1 aliphatic carbocycles. The van der Waals surface area contributed by atoms with Crippen LogP contribution in [0.2, 0.25) is 0 Å². The van der Waals surface area contributed by atoms with Gasteiger partial charge in [0.15, 0.2) is 17.5 Å². The van der Waals surface area contributed by atoms with Crippen LogP contribution in [0.15, 0.2) is 23.2 Å². The topological polar surface area (TPSA) is 75.2 Å². The number of hydrogen-bond acceptors (Lipinski definition) is 4. The van der Waals surface area contributed by atoms with Crippen molar-refractivity contribution >= 4 is 11.9 Å². The second-order valence-corrected chi connectivity index (χ2v) is 8.48. The third-order valence-electron chi connectivity index (χ3n) is 6.48. The fraction of sp³-hybridized carbons (Fsp3) is 0.652. The van der Waals surface area contributed by atoms with E-state index in [1.807, 2.05) is 17.9 Å². The molecule has 30 heavy (non-hydrogen) atoms. The molecule has 0 aromatic heterocycles. The van der Waals surface area contributed by atoms with Crippen molar-refractivity contribution in [2.75, 3.05) is 45.9 Å². The van der Waals surface area contributed by atoms with E-state index in [1.54, 1.807) is 0 Å². The molecule has 2 heterocycles. The zero-order valence-electron chi connectivity index (χ0n) is 18.0. The molecule has 2 fully saturated rings. The lowest BCUT2D eigenvalue weighted by Gasteiger charge is -2.32. The van der Waals surface area contributed by atoms with Gasteiger partial charge in [-0.25, -0.2) is 4.99 Å². The van der Waals surface area contributed by atoms with E-state index in [-0.39, 0.29) is 17.9 Å². The normalized spacial score (nSPS) is 20.3. The summed E-state index contributed by atoms with van der Waals surface area (Å²) >= 11 is 0. The quantitative estimate of drug-likeness (QED) is 0.552. The van der Waals surface area contributed by atoms with Crippen LogP contribution in [0.5, 0.6) is 11.5 Å². The van der Waals surface area contributed by atoms with E-state index in [2.05, 4.69) is 27.8 Å². The molecule has 1 aromatic rings. The number of carbonyl (C=O) groups is 1. The lowest BCUT2D eigenvalue weighted by Crippen LogP contribution is -2.45. The highest BCUT2D eigenvalue weighted by Crippen LogP contribution is 2.43. The number of fused-ring (bicyclic) bond motifs is 1. The van der Waals surface area contributed by atoms with Crippen LogP contribution in [-0.2, 0) is 10.2 Å². The van der Waals surface area contributed by atoms with Crippen LogP contribution in [0.1, 0.15) is 51.0 Å². The lowest BCUT2D eigenvalue weighted by molar-refractivity contribution is -0.128. The highest BCUT2D eigenvalue weighted by molar-refractivity contribution is 5.85. The number of guanidine groups is 1. The summed E-state index contributed by atoms with van der Waals surface area (Å²) in [5, 5.41) is 6.82. The van der Waals surface area contributed by atoms with Crippen molar-refractivity contribution in [2.45, 2.75) is 50.9 Å². The number of hydrogen-bond donors (Lipinski definition) is 2. The summed E-state index contributed by atoms with van der Waals surface area (Å²) in [6, 6.07) is 6.38. The smallest absolute Gasteiger partial charge is 0.244 e. The van der Waals surface area contributed by atoms with Gasteiger partial charge in [0, 0.05) is 31.6 Å². The highest BCUT2D eigenvalue weighted by Gasteiger charge is 2.36. The van der Waals surface area contributed by atoms with Crippen LogP contribution in [0, 0.1) is 0 Å². The van der Waals surface area contributed by atoms with Gasteiger partial charge < -0.3 is 25.0 Å². The van der Waals surface area contributed by atoms with Crippen molar-refractivity contribution in [3.63, 3.8) is 0 Å². The van der Waals surface area contributed by atoms with Crippen molar-refractivity contribution < 1.29 is 14.3 Å². The van der Waals surface area contributed by atoms with Gasteiger partial charge in [-0.1, -0.05) is 18.9 Å². The number of ether oxygens (including phenoxy) is 2. The highest BCUT2D eigenvalue weighted by atomic mass is 16.6. The monoisotopic (exact) mass is 414 g/mol. The fourth-order valence-electron chi connectivity index (χ4n) is 4.80. The standard InChI is InChI=1S/C23H34N4O3/c1-2-24-22(25-16-21(28)27-11-5-6-12-27)26-17-23(9-3-4-10-23)18-7-8-19-20(15-18)30-14-13-29-19/h7-8,15H,2-6,9-14,16-17H2,1H3,(H2,24,25,26). The number of carbonyl (C=O) groups excluding carboxylic acids is 1. The predicted octanol–water partition coefficient (Wildman–Crippen LogP) is 2.45. The van der Waals surface area contributed by atoms with E-state index in [9.17, 15) is 4.79 Å². The summed E-state index contributed by atoms with van der Waals surface area (Å²) in [6.07, 6.45) is 6.91. The molecule has 2 N–H and O–H groups in total. The van der Waals surface area contributed by atoms with Crippen LogP contribution in [0.4, 0.5) is 0 Å². The Balaban J connectivity index is 1.45. The molecule has 0 atom stereocenters. The molecule has 1 saturated heterocycles. The number of rotatable bonds is 6. The molecule has 7 nitrogen and oxygen atoms in total. The Hall–Kier alpha value is -2.44. The van der Waals surface area contributed by atoms with Crippen molar-refractivity contribution in [3.05, 3.63) is 23.8 Å². The lowest BCUT2D eigenvalue weighted by atomic mass is 9.78. The minimum Gasteiger partial charge on any atom is -0.486 e. The first-order chi connectivity index (χ1) is 14.7. The van der Waals surface area contributed by atoms with Crippen molar-refractivity contribution in [3.8, 4) is 11.5 Å². The molecule has 0 spiro atoms. The van der Waals surface area contributed by atoms with Crippen LogP contribution >= 0.6 is 0 Å². The number of aliphatic imine (C=N–C) groups is 1. The van der Waals surface area contributed by atoms with Gasteiger partial charge >= 0.3 is 0 Å². The fourth-order valence-corrected chi connectivity index (χ4v) is 4.80. The number of amides is 1. The Labute approximate surface area is 179 Å². The predicted molar refractivity (Wildman–Crippen MR) is 117 cm³/mol. The molecule has 0 radical (unpaired) electrons. The summed E-state index contributed by atoms with van der Waals surface area (Å²) in [7, 11) is 0. The van der Waals surface area contributed by atoms with Gasteiger partial charge in [0.1, 0.15) is 19.8 Å². The van der Waals surface area contributed by atoms with E-state index < -0.39 is 0 Å². The van der Waals surface area contributed by atoms with Crippen LogP contribution in [0.25, 0.3) is 0 Å². The first kappa shape index (κ1) is 20.8. The van der Waals surface area contributed by atoms with Crippen LogP contribution < -0.4 is 20.1 Å². The maximum Gasteiger partial charge on any atom is 0.244 e. The maximum atomic E-state index is 12.4. The van der Waals surface area contributed by atoms with E-state index in [1.165, 1.54) is 18.4 Å². The first-order valence-corrected chi connectivity index (χ1v) is 11.4. The van der Waals surface area contributed by atoms with E-state index in [0.717, 1.165) is 63.4 Å². The van der Waals surface area contributed by atoms with Gasteiger partial charge in [-0.2, -0.15) is 0 Å². The van der Waals surface area contributed by atoms with Crippen LogP contribution in [-0.4, -0.2) is 62.7 Å². The Morgan fingerprint density at radius 2 is 1.80 bits per heavy atom. The zero-order valence-corrected chi connectivity index (χ0v) is 18.0. The summed E-state index contributed by atoms with van der Waals surface area (Å²) in [5.74, 6) is 2.52. The van der Waals surface area contributed by atoms with E-state index in [0.29, 0.717) is 19.2 Å². The maximum absolute atomic E-state index is 12.4. The van der Waals surface area contributed by atoms with Gasteiger partial charge in [-0.3, -0.25) is 4.79 Å². The minimum absolute atomic E-state index is 0.0466. The third kappa shape index (κ3) is 4.65. The third-order valence-corrected chi connectivity index (χ3v) is 6.48. The van der Waals surface area contributed by atoms with Crippen molar-refractivity contribution in [1.29, 1.82) is 0 Å². The van der Waals surface area contributed by atoms with Gasteiger partial charge in [0.2, 0.25) is 5.91 Å². The zero-order chi connectivity index (χ0) is 20.8. The Morgan fingerprint density at radius 1 is 1.07 bits per heavy atom. The molecule has 4 rings (SSSR count). The molecule has 2 aliphatic heterocycles. The second-order valence-electron chi connectivity index (χ2n) is 8.48. The Kier molecular flexibility index (Phi) is 6.65. The van der Waals surface area contributed by atoms with Gasteiger partial charge in [0.05, 0.1) is 0 Å². The average molecular weight is 415 g/mol. The molecule has 1 amide bonds. The number of likely N-dealkylation sites (tertiary alicyclic amines) is 1. The summed E-state index contributed by atoms with van der Waals surface area (Å²) in [5.41, 5.74) is 1.34. The van der Waals surface area contributed by atoms with Crippen molar-refractivity contribution in [1.82, 2.24) is 15.5 Å². The Bertz CT molecular complexity index is 768. The number of benzene rings is 1.